The highest BCUT2D eigenvalue weighted by atomic mass is 35.5. The number of nitrogens with zero attached hydrogens (tertiary/aromatic N) is 1. The van der Waals surface area contributed by atoms with Crippen molar-refractivity contribution in [3.05, 3.63) is 62.1 Å². The molecule has 20 heavy (non-hydrogen) atoms. The molecule has 0 aliphatic heterocycles. The van der Waals surface area contributed by atoms with Crippen LogP contribution in [0.25, 0.3) is 0 Å². The molecule has 0 aliphatic rings. The Bertz CT molecular complexity index is 688. The molecule has 0 aliphatic carbocycles. The van der Waals surface area contributed by atoms with E-state index in [0.29, 0.717) is 6.29 Å². The number of ether oxygens (including phenoxy) is 1. The van der Waals surface area contributed by atoms with Gasteiger partial charge in [0.15, 0.2) is 6.29 Å². The third-order valence-corrected chi connectivity index (χ3v) is 3.03. The molecule has 5 nitrogen and oxygen atoms in total. The van der Waals surface area contributed by atoms with E-state index in [9.17, 15) is 14.9 Å². The van der Waals surface area contributed by atoms with Gasteiger partial charge in [-0.1, -0.05) is 29.3 Å². The van der Waals surface area contributed by atoms with Gasteiger partial charge in [-0.15, -0.1) is 0 Å². The zero-order valence-corrected chi connectivity index (χ0v) is 11.4. The van der Waals surface area contributed by atoms with Gasteiger partial charge in [-0.3, -0.25) is 14.9 Å². The number of nitro groups is 1. The van der Waals surface area contributed by atoms with Gasteiger partial charge in [-0.2, -0.15) is 0 Å². The fourth-order valence-corrected chi connectivity index (χ4v) is 1.93. The standard InChI is InChI=1S/C13H7Cl2NO4/c14-8-4-5-11(16(18)19)13(6-8)20-12-3-1-2-10(15)9(12)7-17/h1-7H. The van der Waals surface area contributed by atoms with Gasteiger partial charge in [0.2, 0.25) is 5.75 Å². The highest BCUT2D eigenvalue weighted by Crippen LogP contribution is 2.36. The largest absolute Gasteiger partial charge is 0.449 e. The Morgan fingerprint density at radius 2 is 1.90 bits per heavy atom. The summed E-state index contributed by atoms with van der Waals surface area (Å²) in [5.74, 6) is 0.0609. The van der Waals surface area contributed by atoms with Gasteiger partial charge in [-0.05, 0) is 18.2 Å². The molecule has 0 aromatic heterocycles. The summed E-state index contributed by atoms with van der Waals surface area (Å²) in [7, 11) is 0. The van der Waals surface area contributed by atoms with Gasteiger partial charge >= 0.3 is 5.69 Å². The minimum absolute atomic E-state index is 0.0622. The number of carbonyl (C=O) groups excluding carboxylic acids is 1. The Hall–Kier alpha value is -2.11. The maximum atomic E-state index is 11.0. The van der Waals surface area contributed by atoms with Crippen LogP contribution in [0, 0.1) is 10.1 Å². The monoisotopic (exact) mass is 311 g/mol. The fourth-order valence-electron chi connectivity index (χ4n) is 1.56. The molecule has 0 saturated heterocycles. The van der Waals surface area contributed by atoms with E-state index in [1.165, 1.54) is 30.3 Å². The first-order valence-electron chi connectivity index (χ1n) is 5.38. The average molecular weight is 312 g/mol. The van der Waals surface area contributed by atoms with Crippen molar-refractivity contribution < 1.29 is 14.5 Å². The third kappa shape index (κ3) is 2.89. The van der Waals surface area contributed by atoms with Crippen LogP contribution in [0.15, 0.2) is 36.4 Å². The molecular weight excluding hydrogens is 305 g/mol. The predicted molar refractivity (Wildman–Crippen MR) is 75.0 cm³/mol. The lowest BCUT2D eigenvalue weighted by atomic mass is 10.2. The molecule has 2 rings (SSSR count). The third-order valence-electron chi connectivity index (χ3n) is 2.47. The van der Waals surface area contributed by atoms with Crippen molar-refractivity contribution in [3.8, 4) is 11.5 Å². The number of rotatable bonds is 4. The first-order valence-corrected chi connectivity index (χ1v) is 6.14. The van der Waals surface area contributed by atoms with E-state index >= 15 is 0 Å². The van der Waals surface area contributed by atoms with E-state index in [1.807, 2.05) is 0 Å². The van der Waals surface area contributed by atoms with Crippen LogP contribution in [-0.2, 0) is 0 Å². The van der Waals surface area contributed by atoms with Gasteiger partial charge < -0.3 is 4.74 Å². The lowest BCUT2D eigenvalue weighted by Crippen LogP contribution is -1.96. The van der Waals surface area contributed by atoms with Crippen molar-refractivity contribution in [2.45, 2.75) is 0 Å². The zero-order chi connectivity index (χ0) is 14.7. The topological polar surface area (TPSA) is 69.4 Å². The van der Waals surface area contributed by atoms with Crippen LogP contribution in [-0.4, -0.2) is 11.2 Å². The Labute approximate surface area is 123 Å². The molecule has 0 fully saturated rings. The number of aldehydes is 1. The highest BCUT2D eigenvalue weighted by molar-refractivity contribution is 6.33. The molecule has 0 spiro atoms. The molecule has 0 unspecified atom stereocenters. The van der Waals surface area contributed by atoms with Gasteiger partial charge in [-0.25, -0.2) is 0 Å². The molecule has 7 heteroatoms. The summed E-state index contributed by atoms with van der Waals surface area (Å²) in [6.07, 6.45) is 0.522. The minimum Gasteiger partial charge on any atom is -0.449 e. The minimum atomic E-state index is -0.600. The summed E-state index contributed by atoms with van der Waals surface area (Å²) in [6.45, 7) is 0. The molecule has 0 atom stereocenters. The number of hydrogen-bond acceptors (Lipinski definition) is 4. The van der Waals surface area contributed by atoms with Crippen LogP contribution in [0.3, 0.4) is 0 Å². The van der Waals surface area contributed by atoms with Crippen molar-refractivity contribution in [3.63, 3.8) is 0 Å². The first-order chi connectivity index (χ1) is 9.52. The maximum Gasteiger partial charge on any atom is 0.311 e. The highest BCUT2D eigenvalue weighted by Gasteiger charge is 2.18. The number of nitro benzene ring substituents is 1. The average Bonchev–Trinajstić information content (AvgIpc) is 2.38. The van der Waals surface area contributed by atoms with E-state index < -0.39 is 4.92 Å². The smallest absolute Gasteiger partial charge is 0.311 e. The van der Waals surface area contributed by atoms with Crippen LogP contribution in [0.2, 0.25) is 10.0 Å². The summed E-state index contributed by atoms with van der Waals surface area (Å²) in [5, 5.41) is 11.4. The van der Waals surface area contributed by atoms with Crippen molar-refractivity contribution >= 4 is 35.2 Å². The van der Waals surface area contributed by atoms with E-state index in [-0.39, 0.29) is 32.8 Å². The summed E-state index contributed by atoms with van der Waals surface area (Å²) in [6, 6.07) is 8.48. The van der Waals surface area contributed by atoms with Gasteiger partial charge in [0, 0.05) is 17.2 Å². The van der Waals surface area contributed by atoms with Crippen molar-refractivity contribution in [1.29, 1.82) is 0 Å². The molecular formula is C13H7Cl2NO4. The summed E-state index contributed by atoms with van der Waals surface area (Å²) >= 11 is 11.7. The summed E-state index contributed by atoms with van der Waals surface area (Å²) in [4.78, 5) is 21.3. The number of halogens is 2. The Kier molecular flexibility index (Phi) is 4.22. The van der Waals surface area contributed by atoms with Crippen LogP contribution in [0.5, 0.6) is 11.5 Å². The number of carbonyl (C=O) groups is 1. The zero-order valence-electron chi connectivity index (χ0n) is 9.88. The van der Waals surface area contributed by atoms with E-state index in [0.717, 1.165) is 0 Å². The van der Waals surface area contributed by atoms with Crippen molar-refractivity contribution in [2.24, 2.45) is 0 Å². The maximum absolute atomic E-state index is 11.0. The fraction of sp³-hybridized carbons (Fsp3) is 0. The van der Waals surface area contributed by atoms with Gasteiger partial charge in [0.1, 0.15) is 5.75 Å². The van der Waals surface area contributed by atoms with Crippen LogP contribution < -0.4 is 4.74 Å². The summed E-state index contributed by atoms with van der Waals surface area (Å²) in [5.41, 5.74) is -0.144. The van der Waals surface area contributed by atoms with Gasteiger partial charge in [0.25, 0.3) is 0 Å². The molecule has 0 N–H and O–H groups in total. The van der Waals surface area contributed by atoms with E-state index in [1.54, 1.807) is 6.07 Å². The molecule has 0 saturated carbocycles. The lowest BCUT2D eigenvalue weighted by Gasteiger charge is -2.09. The molecule has 102 valence electrons. The van der Waals surface area contributed by atoms with Gasteiger partial charge in [0.05, 0.1) is 15.5 Å². The Balaban J connectivity index is 2.50. The molecule has 0 bridgehead atoms. The summed E-state index contributed by atoms with van der Waals surface area (Å²) < 4.78 is 5.41. The first kappa shape index (κ1) is 14.3. The molecule has 2 aromatic carbocycles. The number of benzene rings is 2. The Morgan fingerprint density at radius 1 is 1.15 bits per heavy atom. The predicted octanol–water partition coefficient (Wildman–Crippen LogP) is 4.51. The van der Waals surface area contributed by atoms with Crippen molar-refractivity contribution in [1.82, 2.24) is 0 Å². The van der Waals surface area contributed by atoms with E-state index in [4.69, 9.17) is 27.9 Å². The SMILES string of the molecule is O=Cc1c(Cl)cccc1Oc1cc(Cl)ccc1[N+](=O)[O-]. The van der Waals surface area contributed by atoms with Crippen LogP contribution in [0.4, 0.5) is 5.69 Å². The normalized spacial score (nSPS) is 10.1. The lowest BCUT2D eigenvalue weighted by molar-refractivity contribution is -0.385. The van der Waals surface area contributed by atoms with Crippen LogP contribution in [0.1, 0.15) is 10.4 Å². The van der Waals surface area contributed by atoms with Crippen LogP contribution >= 0.6 is 23.2 Å². The number of hydrogen-bond donors (Lipinski definition) is 0. The van der Waals surface area contributed by atoms with Crippen molar-refractivity contribution in [2.75, 3.05) is 0 Å². The second-order valence-electron chi connectivity index (χ2n) is 3.74. The quantitative estimate of drug-likeness (QED) is 0.473. The molecule has 0 amide bonds. The van der Waals surface area contributed by atoms with E-state index in [2.05, 4.69) is 0 Å². The molecule has 2 aromatic rings. The Morgan fingerprint density at radius 3 is 2.55 bits per heavy atom. The molecule has 0 radical (unpaired) electrons. The second-order valence-corrected chi connectivity index (χ2v) is 4.58. The molecule has 0 heterocycles. The second kappa shape index (κ2) is 5.90.